The number of rotatable bonds is 4. The molecule has 6 heteroatoms. The van der Waals surface area contributed by atoms with Gasteiger partial charge in [0, 0.05) is 0 Å². The van der Waals surface area contributed by atoms with Crippen LogP contribution in [0.15, 0.2) is 24.3 Å². The molecule has 0 unspecified atom stereocenters. The van der Waals surface area contributed by atoms with Crippen molar-refractivity contribution in [2.24, 2.45) is 0 Å². The molecular formula is C13H19NO4S. The van der Waals surface area contributed by atoms with Crippen molar-refractivity contribution in [3.05, 3.63) is 24.3 Å². The Bertz CT molecular complexity index is 527. The summed E-state index contributed by atoms with van der Waals surface area (Å²) in [7, 11) is -1.37. The van der Waals surface area contributed by atoms with Gasteiger partial charge in [0.15, 0.2) is 9.84 Å². The highest BCUT2D eigenvalue weighted by atomic mass is 32.2. The highest BCUT2D eigenvalue weighted by molar-refractivity contribution is 7.91. The van der Waals surface area contributed by atoms with Crippen LogP contribution in [0.5, 0.6) is 5.75 Å². The molecule has 19 heavy (non-hydrogen) atoms. The van der Waals surface area contributed by atoms with Crippen LogP contribution in [0.4, 0.5) is 5.69 Å². The first kappa shape index (κ1) is 14.1. The zero-order valence-corrected chi connectivity index (χ0v) is 11.7. The van der Waals surface area contributed by atoms with E-state index in [9.17, 15) is 13.5 Å². The quantitative estimate of drug-likeness (QED) is 0.864. The number of sulfone groups is 1. The van der Waals surface area contributed by atoms with Gasteiger partial charge in [-0.3, -0.25) is 0 Å². The maximum absolute atomic E-state index is 11.5. The molecule has 0 saturated carbocycles. The molecule has 0 atom stereocenters. The maximum Gasteiger partial charge on any atom is 0.150 e. The number of benzene rings is 1. The Kier molecular flexibility index (Phi) is 4.01. The average molecular weight is 285 g/mol. The van der Waals surface area contributed by atoms with Gasteiger partial charge in [-0.1, -0.05) is 12.1 Å². The molecule has 1 heterocycles. The fourth-order valence-corrected chi connectivity index (χ4v) is 3.89. The van der Waals surface area contributed by atoms with Gasteiger partial charge in [-0.2, -0.15) is 0 Å². The minimum Gasteiger partial charge on any atom is -0.495 e. The Hall–Kier alpha value is -1.27. The van der Waals surface area contributed by atoms with E-state index >= 15 is 0 Å². The molecular weight excluding hydrogens is 266 g/mol. The number of nitrogens with one attached hydrogen (secondary N) is 1. The van der Waals surface area contributed by atoms with Gasteiger partial charge in [0.1, 0.15) is 5.75 Å². The van der Waals surface area contributed by atoms with Crippen LogP contribution in [-0.4, -0.2) is 44.3 Å². The lowest BCUT2D eigenvalue weighted by molar-refractivity contribution is 0.200. The SMILES string of the molecule is COc1ccccc1NC1(CO)CCS(=O)(=O)CC1. The summed E-state index contributed by atoms with van der Waals surface area (Å²) in [6.07, 6.45) is 0.813. The largest absolute Gasteiger partial charge is 0.495 e. The van der Waals surface area contributed by atoms with Gasteiger partial charge >= 0.3 is 0 Å². The Morgan fingerprint density at radius 3 is 2.53 bits per heavy atom. The first-order valence-electron chi connectivity index (χ1n) is 6.23. The monoisotopic (exact) mass is 285 g/mol. The van der Waals surface area contributed by atoms with E-state index in [1.54, 1.807) is 7.11 Å². The van der Waals surface area contributed by atoms with Crippen molar-refractivity contribution in [1.29, 1.82) is 0 Å². The zero-order chi connectivity index (χ0) is 13.9. The van der Waals surface area contributed by atoms with Crippen LogP contribution < -0.4 is 10.1 Å². The van der Waals surface area contributed by atoms with Crippen LogP contribution in [-0.2, 0) is 9.84 Å². The second-order valence-electron chi connectivity index (χ2n) is 4.92. The van der Waals surface area contributed by atoms with E-state index in [1.165, 1.54) is 0 Å². The van der Waals surface area contributed by atoms with Crippen molar-refractivity contribution in [3.8, 4) is 5.75 Å². The van der Waals surface area contributed by atoms with E-state index in [0.717, 1.165) is 5.69 Å². The third kappa shape index (κ3) is 3.19. The summed E-state index contributed by atoms with van der Waals surface area (Å²) in [5.41, 5.74) is 0.193. The first-order valence-corrected chi connectivity index (χ1v) is 8.05. The molecule has 106 valence electrons. The summed E-state index contributed by atoms with van der Waals surface area (Å²) in [5, 5.41) is 12.9. The van der Waals surface area contributed by atoms with Gasteiger partial charge in [0.2, 0.25) is 0 Å². The summed E-state index contributed by atoms with van der Waals surface area (Å²) >= 11 is 0. The Balaban J connectivity index is 2.20. The number of hydrogen-bond acceptors (Lipinski definition) is 5. The van der Waals surface area contributed by atoms with Crippen molar-refractivity contribution >= 4 is 15.5 Å². The molecule has 2 N–H and O–H groups in total. The Labute approximate surface area is 113 Å². The predicted octanol–water partition coefficient (Wildman–Crippen LogP) is 1.05. The molecule has 0 aliphatic carbocycles. The number of aliphatic hydroxyl groups excluding tert-OH is 1. The summed E-state index contributed by atoms with van der Waals surface area (Å²) in [5.74, 6) is 0.898. The third-order valence-electron chi connectivity index (χ3n) is 3.59. The number of methoxy groups -OCH3 is 1. The normalized spacial score (nSPS) is 20.7. The van der Waals surface area contributed by atoms with Crippen molar-refractivity contribution < 1.29 is 18.3 Å². The van der Waals surface area contributed by atoms with Gasteiger partial charge in [-0.05, 0) is 25.0 Å². The van der Waals surface area contributed by atoms with E-state index in [2.05, 4.69) is 5.32 Å². The lowest BCUT2D eigenvalue weighted by atomic mass is 9.92. The topological polar surface area (TPSA) is 75.6 Å². The van der Waals surface area contributed by atoms with E-state index in [-0.39, 0.29) is 18.1 Å². The predicted molar refractivity (Wildman–Crippen MR) is 74.3 cm³/mol. The van der Waals surface area contributed by atoms with E-state index in [4.69, 9.17) is 4.74 Å². The van der Waals surface area contributed by atoms with Crippen molar-refractivity contribution in [2.45, 2.75) is 18.4 Å². The standard InChI is InChI=1S/C13H19NO4S/c1-18-12-5-3-2-4-11(12)14-13(10-15)6-8-19(16,17)9-7-13/h2-5,14-15H,6-10H2,1H3. The van der Waals surface area contributed by atoms with Gasteiger partial charge in [0.25, 0.3) is 0 Å². The molecule has 0 amide bonds. The molecule has 1 saturated heterocycles. The highest BCUT2D eigenvalue weighted by Crippen LogP contribution is 2.32. The summed E-state index contributed by atoms with van der Waals surface area (Å²) in [6, 6.07) is 7.42. The fourth-order valence-electron chi connectivity index (χ4n) is 2.29. The van der Waals surface area contributed by atoms with E-state index in [0.29, 0.717) is 18.6 Å². The fraction of sp³-hybridized carbons (Fsp3) is 0.538. The van der Waals surface area contributed by atoms with Crippen LogP contribution >= 0.6 is 0 Å². The van der Waals surface area contributed by atoms with Crippen molar-refractivity contribution in [2.75, 3.05) is 30.5 Å². The third-order valence-corrected chi connectivity index (χ3v) is 5.24. The van der Waals surface area contributed by atoms with Gasteiger partial charge in [-0.15, -0.1) is 0 Å². The van der Waals surface area contributed by atoms with Gasteiger partial charge < -0.3 is 15.2 Å². The number of anilines is 1. The van der Waals surface area contributed by atoms with Crippen LogP contribution in [0.1, 0.15) is 12.8 Å². The molecule has 0 bridgehead atoms. The smallest absolute Gasteiger partial charge is 0.150 e. The average Bonchev–Trinajstić information content (AvgIpc) is 2.42. The van der Waals surface area contributed by atoms with Crippen LogP contribution in [0.25, 0.3) is 0 Å². The summed E-state index contributed by atoms with van der Waals surface area (Å²) in [4.78, 5) is 0. The molecule has 5 nitrogen and oxygen atoms in total. The lowest BCUT2D eigenvalue weighted by Crippen LogP contribution is -2.48. The van der Waals surface area contributed by atoms with E-state index < -0.39 is 15.4 Å². The van der Waals surface area contributed by atoms with Crippen LogP contribution in [0.2, 0.25) is 0 Å². The molecule has 1 aliphatic heterocycles. The second kappa shape index (κ2) is 5.38. The van der Waals surface area contributed by atoms with Crippen LogP contribution in [0.3, 0.4) is 0 Å². The van der Waals surface area contributed by atoms with Crippen molar-refractivity contribution in [3.63, 3.8) is 0 Å². The highest BCUT2D eigenvalue weighted by Gasteiger charge is 2.37. The molecule has 1 aliphatic rings. The molecule has 1 aromatic rings. The molecule has 0 spiro atoms. The number of ether oxygens (including phenoxy) is 1. The number of aliphatic hydroxyl groups is 1. The van der Waals surface area contributed by atoms with Crippen molar-refractivity contribution in [1.82, 2.24) is 0 Å². The first-order chi connectivity index (χ1) is 9.00. The minimum atomic E-state index is -2.95. The molecule has 0 radical (unpaired) electrons. The lowest BCUT2D eigenvalue weighted by Gasteiger charge is -2.37. The number of para-hydroxylation sites is 2. The van der Waals surface area contributed by atoms with E-state index in [1.807, 2.05) is 24.3 Å². The maximum atomic E-state index is 11.5. The zero-order valence-electron chi connectivity index (χ0n) is 10.9. The Morgan fingerprint density at radius 2 is 1.95 bits per heavy atom. The molecule has 0 aromatic heterocycles. The molecule has 1 aromatic carbocycles. The van der Waals surface area contributed by atoms with Gasteiger partial charge in [0.05, 0.1) is 36.4 Å². The summed E-state index contributed by atoms with van der Waals surface area (Å²) < 4.78 is 28.2. The van der Waals surface area contributed by atoms with Crippen LogP contribution in [0, 0.1) is 0 Å². The Morgan fingerprint density at radius 1 is 1.32 bits per heavy atom. The molecule has 2 rings (SSSR count). The number of hydrogen-bond donors (Lipinski definition) is 2. The minimum absolute atomic E-state index is 0.0967. The molecule has 1 fully saturated rings. The second-order valence-corrected chi connectivity index (χ2v) is 7.22. The van der Waals surface area contributed by atoms with Gasteiger partial charge in [-0.25, -0.2) is 8.42 Å². The summed E-state index contributed by atoms with van der Waals surface area (Å²) in [6.45, 7) is -0.0967.